The van der Waals surface area contributed by atoms with Crippen molar-refractivity contribution in [2.45, 2.75) is 11.8 Å². The van der Waals surface area contributed by atoms with E-state index in [0.29, 0.717) is 18.5 Å². The zero-order valence-corrected chi connectivity index (χ0v) is 11.3. The van der Waals surface area contributed by atoms with Gasteiger partial charge in [-0.15, -0.1) is 0 Å². The Morgan fingerprint density at radius 3 is 2.72 bits per heavy atom. The molecule has 2 aromatic rings. The molecule has 1 aromatic carbocycles. The second-order valence-electron chi connectivity index (χ2n) is 4.03. The smallest absolute Gasteiger partial charge is 0.167 e. The summed E-state index contributed by atoms with van der Waals surface area (Å²) in [5, 5.41) is 4.63. The van der Waals surface area contributed by atoms with Crippen LogP contribution >= 0.6 is 15.9 Å². The molecule has 0 radical (unpaired) electrons. The highest BCUT2D eigenvalue weighted by atomic mass is 79.9. The molecule has 4 nitrogen and oxygen atoms in total. The van der Waals surface area contributed by atoms with Crippen molar-refractivity contribution in [3.8, 4) is 22.8 Å². The van der Waals surface area contributed by atoms with Gasteiger partial charge in [-0.1, -0.05) is 21.1 Å². The number of ether oxygens (including phenoxy) is 2. The number of aromatic nitrogens is 1. The summed E-state index contributed by atoms with van der Waals surface area (Å²) in [6, 6.07) is 7.70. The number of rotatable bonds is 2. The van der Waals surface area contributed by atoms with E-state index in [0.717, 1.165) is 34.9 Å². The molecule has 2 heterocycles. The van der Waals surface area contributed by atoms with Crippen LogP contribution in [-0.4, -0.2) is 18.4 Å². The van der Waals surface area contributed by atoms with Crippen LogP contribution < -0.4 is 9.47 Å². The van der Waals surface area contributed by atoms with Crippen LogP contribution in [0.5, 0.6) is 11.5 Å². The van der Waals surface area contributed by atoms with Gasteiger partial charge in [-0.2, -0.15) is 0 Å². The van der Waals surface area contributed by atoms with Gasteiger partial charge in [0.25, 0.3) is 0 Å². The molecule has 0 saturated carbocycles. The predicted octanol–water partition coefficient (Wildman–Crippen LogP) is 3.40. The number of fused-ring (bicyclic) bond motifs is 1. The van der Waals surface area contributed by atoms with E-state index in [1.807, 2.05) is 24.3 Å². The summed E-state index contributed by atoms with van der Waals surface area (Å²) in [6.07, 6.45) is 0.903. The highest BCUT2D eigenvalue weighted by molar-refractivity contribution is 9.08. The predicted molar refractivity (Wildman–Crippen MR) is 70.2 cm³/mol. The van der Waals surface area contributed by atoms with Gasteiger partial charge in [-0.05, 0) is 18.2 Å². The van der Waals surface area contributed by atoms with E-state index in [2.05, 4.69) is 21.1 Å². The molecule has 0 N–H and O–H groups in total. The topological polar surface area (TPSA) is 44.5 Å². The molecule has 0 amide bonds. The molecule has 0 aliphatic carbocycles. The average molecular weight is 310 g/mol. The summed E-state index contributed by atoms with van der Waals surface area (Å²) in [4.78, 5) is 0. The van der Waals surface area contributed by atoms with Crippen LogP contribution in [0, 0.1) is 0 Å². The molecule has 0 fully saturated rings. The number of hydrogen-bond acceptors (Lipinski definition) is 4. The Labute approximate surface area is 113 Å². The zero-order chi connectivity index (χ0) is 12.4. The van der Waals surface area contributed by atoms with Gasteiger partial charge in [0.2, 0.25) is 0 Å². The van der Waals surface area contributed by atoms with Crippen LogP contribution in [-0.2, 0) is 5.33 Å². The van der Waals surface area contributed by atoms with E-state index in [9.17, 15) is 0 Å². The van der Waals surface area contributed by atoms with Crippen LogP contribution in [0.3, 0.4) is 0 Å². The molecule has 3 rings (SSSR count). The largest absolute Gasteiger partial charge is 0.490 e. The quantitative estimate of drug-likeness (QED) is 0.798. The van der Waals surface area contributed by atoms with Crippen LogP contribution in [0.25, 0.3) is 11.3 Å². The monoisotopic (exact) mass is 309 g/mol. The SMILES string of the molecule is BrCc1cc(-c2ccc3c(c2)OCCCO3)on1. The minimum absolute atomic E-state index is 0.680. The first kappa shape index (κ1) is 11.6. The molecular formula is C13H12BrNO3. The number of alkyl halides is 1. The Kier molecular flexibility index (Phi) is 3.23. The Bertz CT molecular complexity index is 553. The highest BCUT2D eigenvalue weighted by Gasteiger charge is 2.13. The minimum Gasteiger partial charge on any atom is -0.490 e. The third-order valence-corrected chi connectivity index (χ3v) is 3.30. The van der Waals surface area contributed by atoms with Gasteiger partial charge in [-0.3, -0.25) is 0 Å². The van der Waals surface area contributed by atoms with E-state index in [-0.39, 0.29) is 0 Å². The van der Waals surface area contributed by atoms with Crippen LogP contribution in [0.15, 0.2) is 28.8 Å². The Morgan fingerprint density at radius 2 is 1.94 bits per heavy atom. The number of nitrogens with zero attached hydrogens (tertiary/aromatic N) is 1. The first-order chi connectivity index (χ1) is 8.86. The van der Waals surface area contributed by atoms with E-state index < -0.39 is 0 Å². The van der Waals surface area contributed by atoms with E-state index in [4.69, 9.17) is 14.0 Å². The Morgan fingerprint density at radius 1 is 1.11 bits per heavy atom. The molecule has 94 valence electrons. The molecule has 0 atom stereocenters. The molecule has 0 unspecified atom stereocenters. The van der Waals surface area contributed by atoms with E-state index in [1.54, 1.807) is 0 Å². The second kappa shape index (κ2) is 5.02. The number of benzene rings is 1. The van der Waals surface area contributed by atoms with Crippen LogP contribution in [0.4, 0.5) is 0 Å². The summed E-state index contributed by atoms with van der Waals surface area (Å²) in [5.41, 5.74) is 1.82. The molecule has 1 aliphatic heterocycles. The molecule has 0 bridgehead atoms. The first-order valence-corrected chi connectivity index (χ1v) is 6.90. The fourth-order valence-electron chi connectivity index (χ4n) is 1.83. The molecule has 0 spiro atoms. The van der Waals surface area contributed by atoms with Crippen molar-refractivity contribution in [3.63, 3.8) is 0 Å². The molecule has 18 heavy (non-hydrogen) atoms. The second-order valence-corrected chi connectivity index (χ2v) is 4.59. The van der Waals surface area contributed by atoms with Gasteiger partial charge >= 0.3 is 0 Å². The van der Waals surface area contributed by atoms with Gasteiger partial charge in [0.05, 0.1) is 18.9 Å². The maximum absolute atomic E-state index is 5.65. The van der Waals surface area contributed by atoms with Crippen molar-refractivity contribution < 1.29 is 14.0 Å². The third kappa shape index (κ3) is 2.22. The number of halogens is 1. The van der Waals surface area contributed by atoms with Gasteiger partial charge in [-0.25, -0.2) is 0 Å². The first-order valence-electron chi connectivity index (χ1n) is 5.78. The van der Waals surface area contributed by atoms with Crippen LogP contribution in [0.1, 0.15) is 12.1 Å². The summed E-state index contributed by atoms with van der Waals surface area (Å²) in [6.45, 7) is 1.38. The molecular weight excluding hydrogens is 298 g/mol. The van der Waals surface area contributed by atoms with Gasteiger partial charge in [0.1, 0.15) is 0 Å². The molecule has 0 saturated heterocycles. The van der Waals surface area contributed by atoms with Crippen molar-refractivity contribution in [3.05, 3.63) is 30.0 Å². The maximum atomic E-state index is 5.65. The fourth-order valence-corrected chi connectivity index (χ4v) is 2.09. The van der Waals surface area contributed by atoms with Crippen molar-refractivity contribution in [2.75, 3.05) is 13.2 Å². The van der Waals surface area contributed by atoms with Crippen molar-refractivity contribution in [2.24, 2.45) is 0 Å². The Balaban J connectivity index is 1.95. The molecule has 5 heteroatoms. The minimum atomic E-state index is 0.680. The normalized spacial score (nSPS) is 14.3. The zero-order valence-electron chi connectivity index (χ0n) is 9.69. The van der Waals surface area contributed by atoms with Gasteiger partial charge < -0.3 is 14.0 Å². The fraction of sp³-hybridized carbons (Fsp3) is 0.308. The highest BCUT2D eigenvalue weighted by Crippen LogP contribution is 2.34. The van der Waals surface area contributed by atoms with E-state index >= 15 is 0 Å². The molecule has 1 aliphatic rings. The van der Waals surface area contributed by atoms with Crippen molar-refractivity contribution in [1.29, 1.82) is 0 Å². The van der Waals surface area contributed by atoms with Gasteiger partial charge in [0, 0.05) is 23.4 Å². The third-order valence-electron chi connectivity index (χ3n) is 2.73. The molecule has 1 aromatic heterocycles. The van der Waals surface area contributed by atoms with E-state index in [1.165, 1.54) is 0 Å². The lowest BCUT2D eigenvalue weighted by atomic mass is 10.1. The maximum Gasteiger partial charge on any atom is 0.167 e. The summed E-state index contributed by atoms with van der Waals surface area (Å²) >= 11 is 3.35. The van der Waals surface area contributed by atoms with Crippen molar-refractivity contribution in [1.82, 2.24) is 5.16 Å². The van der Waals surface area contributed by atoms with Crippen LogP contribution in [0.2, 0.25) is 0 Å². The Hall–Kier alpha value is -1.49. The summed E-state index contributed by atoms with van der Waals surface area (Å²) < 4.78 is 16.5. The average Bonchev–Trinajstić information content (AvgIpc) is 2.76. The lowest BCUT2D eigenvalue weighted by molar-refractivity contribution is 0.297. The van der Waals surface area contributed by atoms with Gasteiger partial charge in [0.15, 0.2) is 17.3 Å². The lowest BCUT2D eigenvalue weighted by Gasteiger charge is -2.07. The summed E-state index contributed by atoms with van der Waals surface area (Å²) in [7, 11) is 0. The lowest BCUT2D eigenvalue weighted by Crippen LogP contribution is -1.97. The standard InChI is InChI=1S/C13H12BrNO3/c14-8-10-7-12(18-15-10)9-2-3-11-13(6-9)17-5-1-4-16-11/h2-3,6-7H,1,4-5,8H2. The number of hydrogen-bond donors (Lipinski definition) is 0. The summed E-state index contributed by atoms with van der Waals surface area (Å²) in [5.74, 6) is 2.29. The van der Waals surface area contributed by atoms with Crippen molar-refractivity contribution >= 4 is 15.9 Å².